The molecule has 0 radical (unpaired) electrons. The molecule has 174 valence electrons. The Kier molecular flexibility index (Phi) is 9.45. The van der Waals surface area contributed by atoms with Crippen molar-refractivity contribution < 1.29 is 23.7 Å². The molecule has 0 saturated carbocycles. The Morgan fingerprint density at radius 2 is 1.42 bits per heavy atom. The number of unbranched alkanes of at least 4 members (excludes halogenated alkanes) is 1. The molecule has 0 amide bonds. The molecule has 6 heteroatoms. The smallest absolute Gasteiger partial charge is 0.341 e. The van der Waals surface area contributed by atoms with E-state index < -0.39 is 5.97 Å². The van der Waals surface area contributed by atoms with Gasteiger partial charge >= 0.3 is 5.97 Å². The number of hydrogen-bond acceptors (Lipinski definition) is 6. The fraction of sp³-hybridized carbons (Fsp3) is 0.296. The van der Waals surface area contributed by atoms with Gasteiger partial charge in [-0.2, -0.15) is 0 Å². The average Bonchev–Trinajstić information content (AvgIpc) is 2.85. The largest absolute Gasteiger partial charge is 0.494 e. The van der Waals surface area contributed by atoms with Gasteiger partial charge in [0.2, 0.25) is 0 Å². The van der Waals surface area contributed by atoms with E-state index in [9.17, 15) is 4.79 Å². The van der Waals surface area contributed by atoms with Crippen LogP contribution in [0.25, 0.3) is 0 Å². The van der Waals surface area contributed by atoms with E-state index in [0.717, 1.165) is 42.7 Å². The molecule has 3 aromatic carbocycles. The predicted molar refractivity (Wildman–Crippen MR) is 129 cm³/mol. The molecule has 0 aliphatic rings. The Labute approximate surface area is 195 Å². The van der Waals surface area contributed by atoms with Crippen LogP contribution in [0.4, 0.5) is 5.69 Å². The Morgan fingerprint density at radius 1 is 0.758 bits per heavy atom. The SMILES string of the molecule is COC(=O)c1cc(N)ccc1OCCCc1ccccc1OCCCCOc1ccccc1. The van der Waals surface area contributed by atoms with Gasteiger partial charge in [-0.1, -0.05) is 36.4 Å². The number of methoxy groups -OCH3 is 1. The Morgan fingerprint density at radius 3 is 2.21 bits per heavy atom. The normalized spacial score (nSPS) is 10.5. The maximum atomic E-state index is 11.9. The van der Waals surface area contributed by atoms with Crippen molar-refractivity contribution in [1.29, 1.82) is 0 Å². The van der Waals surface area contributed by atoms with Gasteiger partial charge < -0.3 is 24.7 Å². The number of nitrogen functional groups attached to an aromatic ring is 1. The molecule has 3 rings (SSSR count). The molecule has 3 aromatic rings. The van der Waals surface area contributed by atoms with Crippen molar-refractivity contribution in [1.82, 2.24) is 0 Å². The first kappa shape index (κ1) is 24.0. The number of ether oxygens (including phenoxy) is 4. The number of para-hydroxylation sites is 2. The van der Waals surface area contributed by atoms with Crippen LogP contribution in [0.1, 0.15) is 35.2 Å². The highest BCUT2D eigenvalue weighted by Crippen LogP contribution is 2.24. The van der Waals surface area contributed by atoms with E-state index in [0.29, 0.717) is 36.8 Å². The molecule has 0 heterocycles. The second-order valence-corrected chi connectivity index (χ2v) is 7.52. The van der Waals surface area contributed by atoms with Crippen molar-refractivity contribution in [3.8, 4) is 17.2 Å². The van der Waals surface area contributed by atoms with Crippen LogP contribution in [0.3, 0.4) is 0 Å². The van der Waals surface area contributed by atoms with E-state index in [1.165, 1.54) is 7.11 Å². The number of rotatable bonds is 13. The number of benzene rings is 3. The summed E-state index contributed by atoms with van der Waals surface area (Å²) >= 11 is 0. The lowest BCUT2D eigenvalue weighted by atomic mass is 10.1. The fourth-order valence-corrected chi connectivity index (χ4v) is 3.33. The summed E-state index contributed by atoms with van der Waals surface area (Å²) in [6.45, 7) is 1.77. The quantitative estimate of drug-likeness (QED) is 0.217. The number of carbonyl (C=O) groups excluding carboxylic acids is 1. The van der Waals surface area contributed by atoms with Gasteiger partial charge in [-0.3, -0.25) is 0 Å². The van der Waals surface area contributed by atoms with E-state index >= 15 is 0 Å². The summed E-state index contributed by atoms with van der Waals surface area (Å²) in [5.74, 6) is 1.79. The van der Waals surface area contributed by atoms with Crippen LogP contribution in [0.2, 0.25) is 0 Å². The van der Waals surface area contributed by atoms with E-state index in [-0.39, 0.29) is 0 Å². The summed E-state index contributed by atoms with van der Waals surface area (Å²) < 4.78 is 22.4. The van der Waals surface area contributed by atoms with E-state index in [1.807, 2.05) is 48.5 Å². The zero-order valence-electron chi connectivity index (χ0n) is 19.0. The van der Waals surface area contributed by atoms with Crippen LogP contribution in [-0.4, -0.2) is 32.9 Å². The van der Waals surface area contributed by atoms with Gasteiger partial charge in [-0.15, -0.1) is 0 Å². The van der Waals surface area contributed by atoms with Crippen molar-refractivity contribution in [2.45, 2.75) is 25.7 Å². The van der Waals surface area contributed by atoms with Gasteiger partial charge in [0.1, 0.15) is 22.8 Å². The molecule has 0 aliphatic heterocycles. The van der Waals surface area contributed by atoms with Gasteiger partial charge in [0.15, 0.2) is 0 Å². The van der Waals surface area contributed by atoms with E-state index in [4.69, 9.17) is 24.7 Å². The van der Waals surface area contributed by atoms with Crippen molar-refractivity contribution in [3.63, 3.8) is 0 Å². The third-order valence-electron chi connectivity index (χ3n) is 5.04. The van der Waals surface area contributed by atoms with Crippen LogP contribution in [-0.2, 0) is 11.2 Å². The highest BCUT2D eigenvalue weighted by molar-refractivity contribution is 5.93. The number of nitrogens with two attached hydrogens (primary N) is 1. The first-order chi connectivity index (χ1) is 16.2. The van der Waals surface area contributed by atoms with Crippen molar-refractivity contribution >= 4 is 11.7 Å². The maximum Gasteiger partial charge on any atom is 0.341 e. The third-order valence-corrected chi connectivity index (χ3v) is 5.04. The number of hydrogen-bond donors (Lipinski definition) is 1. The molecular weight excluding hydrogens is 418 g/mol. The highest BCUT2D eigenvalue weighted by Gasteiger charge is 2.13. The molecule has 0 atom stereocenters. The molecule has 0 bridgehead atoms. The summed E-state index contributed by atoms with van der Waals surface area (Å²) in [5.41, 5.74) is 7.73. The zero-order chi connectivity index (χ0) is 23.3. The Balaban J connectivity index is 1.40. The fourth-order valence-electron chi connectivity index (χ4n) is 3.33. The predicted octanol–water partition coefficient (Wildman–Crippen LogP) is 5.31. The third kappa shape index (κ3) is 7.75. The summed E-state index contributed by atoms with van der Waals surface area (Å²) in [6, 6.07) is 22.8. The molecule has 6 nitrogen and oxygen atoms in total. The monoisotopic (exact) mass is 449 g/mol. The molecular formula is C27H31NO5. The molecule has 0 spiro atoms. The van der Waals surface area contributed by atoms with Gasteiger partial charge in [0.05, 0.1) is 26.9 Å². The van der Waals surface area contributed by atoms with Crippen molar-refractivity contribution in [2.75, 3.05) is 32.7 Å². The topological polar surface area (TPSA) is 80.0 Å². The summed E-state index contributed by atoms with van der Waals surface area (Å²) in [5, 5.41) is 0. The molecule has 0 aliphatic carbocycles. The zero-order valence-corrected chi connectivity index (χ0v) is 19.0. The molecule has 0 fully saturated rings. The molecule has 0 unspecified atom stereocenters. The van der Waals surface area contributed by atoms with Gasteiger partial charge in [-0.05, 0) is 67.6 Å². The number of esters is 1. The van der Waals surface area contributed by atoms with Crippen molar-refractivity contribution in [3.05, 3.63) is 83.9 Å². The van der Waals surface area contributed by atoms with Crippen LogP contribution in [0.15, 0.2) is 72.8 Å². The first-order valence-electron chi connectivity index (χ1n) is 11.2. The minimum absolute atomic E-state index is 0.331. The van der Waals surface area contributed by atoms with Crippen LogP contribution >= 0.6 is 0 Å². The van der Waals surface area contributed by atoms with E-state index in [2.05, 4.69) is 6.07 Å². The Hall–Kier alpha value is -3.67. The Bertz CT molecular complexity index is 1010. The first-order valence-corrected chi connectivity index (χ1v) is 11.2. The van der Waals surface area contributed by atoms with Gasteiger partial charge in [0.25, 0.3) is 0 Å². The van der Waals surface area contributed by atoms with E-state index in [1.54, 1.807) is 18.2 Å². The molecule has 2 N–H and O–H groups in total. The minimum Gasteiger partial charge on any atom is -0.494 e. The van der Waals surface area contributed by atoms with Crippen LogP contribution < -0.4 is 19.9 Å². The molecule has 0 aromatic heterocycles. The van der Waals surface area contributed by atoms with Gasteiger partial charge in [0, 0.05) is 5.69 Å². The number of aryl methyl sites for hydroxylation is 1. The number of anilines is 1. The summed E-state index contributed by atoms with van der Waals surface area (Å²) in [7, 11) is 1.34. The van der Waals surface area contributed by atoms with Crippen LogP contribution in [0.5, 0.6) is 17.2 Å². The second-order valence-electron chi connectivity index (χ2n) is 7.52. The average molecular weight is 450 g/mol. The maximum absolute atomic E-state index is 11.9. The highest BCUT2D eigenvalue weighted by atomic mass is 16.5. The summed E-state index contributed by atoms with van der Waals surface area (Å²) in [6.07, 6.45) is 3.42. The lowest BCUT2D eigenvalue weighted by Gasteiger charge is -2.13. The second kappa shape index (κ2) is 13.0. The van der Waals surface area contributed by atoms with Gasteiger partial charge in [-0.25, -0.2) is 4.79 Å². The lowest BCUT2D eigenvalue weighted by molar-refractivity contribution is 0.0596. The lowest BCUT2D eigenvalue weighted by Crippen LogP contribution is -2.08. The van der Waals surface area contributed by atoms with Crippen LogP contribution in [0, 0.1) is 0 Å². The standard InChI is InChI=1S/C27H31NO5/c1-30-27(29)24-20-22(28)15-16-26(24)33-19-9-11-21-10-5-6-14-25(21)32-18-8-7-17-31-23-12-3-2-4-13-23/h2-6,10,12-16,20H,7-9,11,17-19,28H2,1H3. The number of carbonyl (C=O) groups is 1. The van der Waals surface area contributed by atoms with Crippen molar-refractivity contribution in [2.24, 2.45) is 0 Å². The molecule has 33 heavy (non-hydrogen) atoms. The summed E-state index contributed by atoms with van der Waals surface area (Å²) in [4.78, 5) is 11.9. The minimum atomic E-state index is -0.467. The molecule has 0 saturated heterocycles.